The maximum Gasteiger partial charge on any atom is 0.252 e. The molecule has 0 saturated carbocycles. The second-order valence-corrected chi connectivity index (χ2v) is 9.09. The molecule has 3 saturated heterocycles. The quantitative estimate of drug-likeness (QED) is 0.733. The van der Waals surface area contributed by atoms with E-state index in [-0.39, 0.29) is 24.2 Å². The molecule has 3 aliphatic heterocycles. The summed E-state index contributed by atoms with van der Waals surface area (Å²) in [6.07, 6.45) is -0.310. The van der Waals surface area contributed by atoms with Gasteiger partial charge in [0, 0.05) is 31.2 Å². The third kappa shape index (κ3) is 3.46. The number of amides is 2. The molecule has 2 aromatic rings. The Balaban J connectivity index is 1.39. The highest BCUT2D eigenvalue weighted by Gasteiger charge is 2.64. The maximum absolute atomic E-state index is 13.6. The fraction of sp³-hybridized carbons (Fsp3) is 0.391. The number of carbonyl (C=O) groups is 2. The largest absolute Gasteiger partial charge is 0.392 e. The first-order valence-electron chi connectivity index (χ1n) is 10.4. The number of nitrogens with zero attached hydrogens (tertiary/aromatic N) is 3. The standard InChI is InChI=1S/C23H23ClFN3O3/c24-19-4-2-1-3-16(19)11-27-21(30)20-9-18(29)12-28(20)23(22(27)31)13-26(14-23)10-15-5-7-17(25)8-6-15/h1-8,18,20,29H,9-14H2. The second kappa shape index (κ2) is 7.67. The molecule has 31 heavy (non-hydrogen) atoms. The first kappa shape index (κ1) is 20.6. The van der Waals surface area contributed by atoms with Crippen LogP contribution in [0.25, 0.3) is 0 Å². The van der Waals surface area contributed by atoms with Gasteiger partial charge >= 0.3 is 0 Å². The van der Waals surface area contributed by atoms with Crippen molar-refractivity contribution in [1.82, 2.24) is 14.7 Å². The van der Waals surface area contributed by atoms with Crippen LogP contribution in [0, 0.1) is 5.82 Å². The van der Waals surface area contributed by atoms with Crippen LogP contribution in [0.4, 0.5) is 4.39 Å². The summed E-state index contributed by atoms with van der Waals surface area (Å²) in [5.74, 6) is -0.795. The summed E-state index contributed by atoms with van der Waals surface area (Å²) in [4.78, 5) is 32.1. The molecule has 162 valence electrons. The number of hydrogen-bond acceptors (Lipinski definition) is 5. The molecule has 8 heteroatoms. The number of halogens is 2. The normalized spacial score (nSPS) is 25.7. The Labute approximate surface area is 184 Å². The molecule has 2 aromatic carbocycles. The second-order valence-electron chi connectivity index (χ2n) is 8.68. The van der Waals surface area contributed by atoms with Crippen LogP contribution < -0.4 is 0 Å². The number of piperazine rings is 1. The zero-order valence-corrected chi connectivity index (χ0v) is 17.6. The van der Waals surface area contributed by atoms with E-state index >= 15 is 0 Å². The maximum atomic E-state index is 13.6. The fourth-order valence-corrected chi connectivity index (χ4v) is 5.29. The molecule has 2 atom stereocenters. The lowest BCUT2D eigenvalue weighted by Gasteiger charge is -2.58. The van der Waals surface area contributed by atoms with Crippen molar-refractivity contribution in [1.29, 1.82) is 0 Å². The van der Waals surface area contributed by atoms with Crippen LogP contribution in [-0.4, -0.2) is 68.9 Å². The van der Waals surface area contributed by atoms with Crippen molar-refractivity contribution in [3.05, 3.63) is 70.5 Å². The number of β-amino-alcohol motifs (C(OH)–C–C–N with tert-alkyl or cyclic N) is 1. The lowest BCUT2D eigenvalue weighted by atomic mass is 9.82. The van der Waals surface area contributed by atoms with Gasteiger partial charge < -0.3 is 5.11 Å². The van der Waals surface area contributed by atoms with Gasteiger partial charge in [-0.2, -0.15) is 0 Å². The van der Waals surface area contributed by atoms with E-state index < -0.39 is 17.7 Å². The van der Waals surface area contributed by atoms with Gasteiger partial charge in [-0.3, -0.25) is 24.3 Å². The van der Waals surface area contributed by atoms with Crippen LogP contribution in [0.1, 0.15) is 17.5 Å². The molecular formula is C23H23ClFN3O3. The van der Waals surface area contributed by atoms with Gasteiger partial charge in [-0.25, -0.2) is 4.39 Å². The molecule has 2 unspecified atom stereocenters. The lowest BCUT2D eigenvalue weighted by Crippen LogP contribution is -2.81. The summed E-state index contributed by atoms with van der Waals surface area (Å²) in [6.45, 7) is 1.94. The van der Waals surface area contributed by atoms with E-state index in [9.17, 15) is 19.1 Å². The number of hydrogen-bond donors (Lipinski definition) is 1. The summed E-state index contributed by atoms with van der Waals surface area (Å²) in [7, 11) is 0. The SMILES string of the molecule is O=C1C2CC(O)CN2C2(CN(Cc3ccc(F)cc3)C2)C(=O)N1Cc1ccccc1Cl. The Morgan fingerprint density at radius 3 is 2.48 bits per heavy atom. The number of benzene rings is 2. The summed E-state index contributed by atoms with van der Waals surface area (Å²) < 4.78 is 13.2. The smallest absolute Gasteiger partial charge is 0.252 e. The molecule has 3 fully saturated rings. The van der Waals surface area contributed by atoms with E-state index in [0.717, 1.165) is 11.1 Å². The molecule has 6 nitrogen and oxygen atoms in total. The number of aliphatic hydroxyl groups excluding tert-OH is 1. The van der Waals surface area contributed by atoms with E-state index in [4.69, 9.17) is 11.6 Å². The number of imide groups is 1. The Morgan fingerprint density at radius 1 is 1.06 bits per heavy atom. The van der Waals surface area contributed by atoms with Crippen LogP contribution in [0.5, 0.6) is 0 Å². The van der Waals surface area contributed by atoms with Crippen molar-refractivity contribution >= 4 is 23.4 Å². The van der Waals surface area contributed by atoms with Gasteiger partial charge in [0.15, 0.2) is 0 Å². The summed E-state index contributed by atoms with van der Waals surface area (Å²) in [6, 6.07) is 13.0. The average Bonchev–Trinajstić information content (AvgIpc) is 3.12. The van der Waals surface area contributed by atoms with E-state index in [1.165, 1.54) is 17.0 Å². The highest BCUT2D eigenvalue weighted by molar-refractivity contribution is 6.31. The van der Waals surface area contributed by atoms with Gasteiger partial charge in [0.1, 0.15) is 11.4 Å². The molecule has 1 N–H and O–H groups in total. The monoisotopic (exact) mass is 443 g/mol. The van der Waals surface area contributed by atoms with Crippen molar-refractivity contribution in [3.63, 3.8) is 0 Å². The first-order valence-corrected chi connectivity index (χ1v) is 10.8. The van der Waals surface area contributed by atoms with Gasteiger partial charge in [-0.05, 0) is 35.7 Å². The van der Waals surface area contributed by atoms with Crippen molar-refractivity contribution in [2.24, 2.45) is 0 Å². The molecule has 3 heterocycles. The first-order chi connectivity index (χ1) is 14.9. The molecular weight excluding hydrogens is 421 g/mol. The van der Waals surface area contributed by atoms with Gasteiger partial charge in [-0.15, -0.1) is 0 Å². The molecule has 1 spiro atoms. The number of aliphatic hydroxyl groups is 1. The van der Waals surface area contributed by atoms with Crippen molar-refractivity contribution in [2.45, 2.75) is 37.2 Å². The fourth-order valence-electron chi connectivity index (χ4n) is 5.09. The van der Waals surface area contributed by atoms with Gasteiger partial charge in [0.25, 0.3) is 5.91 Å². The lowest BCUT2D eigenvalue weighted by molar-refractivity contribution is -0.181. The Kier molecular flexibility index (Phi) is 5.09. The molecule has 0 aromatic heterocycles. The van der Waals surface area contributed by atoms with E-state index in [0.29, 0.717) is 37.6 Å². The van der Waals surface area contributed by atoms with Gasteiger partial charge in [0.05, 0.1) is 18.7 Å². The van der Waals surface area contributed by atoms with E-state index in [1.807, 2.05) is 23.1 Å². The average molecular weight is 444 g/mol. The van der Waals surface area contributed by atoms with Crippen LogP contribution >= 0.6 is 11.6 Å². The van der Waals surface area contributed by atoms with Crippen LogP contribution in [0.3, 0.4) is 0 Å². The molecule has 0 radical (unpaired) electrons. The molecule has 2 amide bonds. The highest BCUT2D eigenvalue weighted by atomic mass is 35.5. The predicted molar refractivity (Wildman–Crippen MR) is 113 cm³/mol. The number of fused-ring (bicyclic) bond motifs is 2. The topological polar surface area (TPSA) is 64.1 Å². The Morgan fingerprint density at radius 2 is 1.77 bits per heavy atom. The summed E-state index contributed by atoms with van der Waals surface area (Å²) in [5, 5.41) is 10.8. The van der Waals surface area contributed by atoms with Crippen molar-refractivity contribution in [2.75, 3.05) is 19.6 Å². The number of likely N-dealkylation sites (tertiary alicyclic amines) is 1. The minimum absolute atomic E-state index is 0.123. The van der Waals surface area contributed by atoms with Crippen LogP contribution in [0.2, 0.25) is 5.02 Å². The Hall–Kier alpha value is -2.32. The van der Waals surface area contributed by atoms with E-state index in [2.05, 4.69) is 4.90 Å². The Bertz CT molecular complexity index is 1020. The third-order valence-corrected chi connectivity index (χ3v) is 6.97. The summed E-state index contributed by atoms with van der Waals surface area (Å²) in [5.41, 5.74) is 0.842. The number of carbonyl (C=O) groups excluding carboxylic acids is 2. The predicted octanol–water partition coefficient (Wildman–Crippen LogP) is 2.04. The molecule has 5 rings (SSSR count). The highest BCUT2D eigenvalue weighted by Crippen LogP contribution is 2.41. The minimum atomic E-state index is -0.836. The van der Waals surface area contributed by atoms with Crippen LogP contribution in [0.15, 0.2) is 48.5 Å². The van der Waals surface area contributed by atoms with E-state index in [1.54, 1.807) is 18.2 Å². The third-order valence-electron chi connectivity index (χ3n) is 6.60. The van der Waals surface area contributed by atoms with Crippen LogP contribution in [-0.2, 0) is 22.7 Å². The van der Waals surface area contributed by atoms with Gasteiger partial charge in [-0.1, -0.05) is 41.9 Å². The zero-order chi connectivity index (χ0) is 21.8. The molecule has 3 aliphatic rings. The number of rotatable bonds is 4. The molecule has 0 bridgehead atoms. The minimum Gasteiger partial charge on any atom is -0.392 e. The zero-order valence-electron chi connectivity index (χ0n) is 16.9. The summed E-state index contributed by atoms with van der Waals surface area (Å²) >= 11 is 6.28. The van der Waals surface area contributed by atoms with Crippen molar-refractivity contribution in [3.8, 4) is 0 Å². The van der Waals surface area contributed by atoms with Crippen molar-refractivity contribution < 1.29 is 19.1 Å². The van der Waals surface area contributed by atoms with Gasteiger partial charge in [0.2, 0.25) is 5.91 Å². The molecule has 0 aliphatic carbocycles.